The normalized spacial score (nSPS) is 19.1. The molecule has 0 radical (unpaired) electrons. The Balaban J connectivity index is 1.79. The summed E-state index contributed by atoms with van der Waals surface area (Å²) in [5.41, 5.74) is 5.30. The van der Waals surface area contributed by atoms with Crippen molar-refractivity contribution in [1.82, 2.24) is 10.9 Å². The molecule has 0 spiro atoms. The molecule has 2 amide bonds. The van der Waals surface area contributed by atoms with E-state index in [1.165, 1.54) is 6.08 Å². The van der Waals surface area contributed by atoms with Gasteiger partial charge in [0.2, 0.25) is 5.91 Å². The Morgan fingerprint density at radius 2 is 1.96 bits per heavy atom. The summed E-state index contributed by atoms with van der Waals surface area (Å²) in [6, 6.07) is 7.19. The molecule has 1 aromatic rings. The molecule has 1 heterocycles. The standard InChI is InChI=1S/C16H20N2O5S/c1-2-23-14-6-3-12(4-7-14)5-8-15(19)17-18-16(20)13-9-10-24(21,22)11-13/h3-8,13H,2,9-11H2,1H3,(H,17,19)(H,18,20)/b8-5+/t13-/m1/s1. The number of carbonyl (C=O) groups excluding carboxylic acids is 2. The predicted molar refractivity (Wildman–Crippen MR) is 89.7 cm³/mol. The molecule has 0 aliphatic carbocycles. The molecular formula is C16H20N2O5S. The van der Waals surface area contributed by atoms with E-state index in [1.54, 1.807) is 30.3 Å². The Kier molecular flexibility index (Phi) is 5.97. The molecule has 130 valence electrons. The number of nitrogens with one attached hydrogen (secondary N) is 2. The number of carbonyl (C=O) groups is 2. The molecule has 1 aliphatic heterocycles. The maximum absolute atomic E-state index is 11.8. The summed E-state index contributed by atoms with van der Waals surface area (Å²) in [5, 5.41) is 0. The average molecular weight is 352 g/mol. The Bertz CT molecular complexity index is 725. The van der Waals surface area contributed by atoms with Gasteiger partial charge in [-0.2, -0.15) is 0 Å². The van der Waals surface area contributed by atoms with E-state index in [0.29, 0.717) is 6.61 Å². The number of hydrogen-bond acceptors (Lipinski definition) is 5. The second-order valence-electron chi connectivity index (χ2n) is 5.41. The zero-order valence-corrected chi connectivity index (χ0v) is 14.1. The lowest BCUT2D eigenvalue weighted by molar-refractivity contribution is -0.129. The van der Waals surface area contributed by atoms with Crippen molar-refractivity contribution in [3.63, 3.8) is 0 Å². The molecule has 7 nitrogen and oxygen atoms in total. The molecule has 1 atom stereocenters. The van der Waals surface area contributed by atoms with Crippen molar-refractivity contribution in [2.75, 3.05) is 18.1 Å². The fraction of sp³-hybridized carbons (Fsp3) is 0.375. The van der Waals surface area contributed by atoms with E-state index in [2.05, 4.69) is 10.9 Å². The highest BCUT2D eigenvalue weighted by atomic mass is 32.2. The Hall–Kier alpha value is -2.35. The Labute approximate surface area is 141 Å². The molecule has 2 N–H and O–H groups in total. The molecule has 1 aromatic carbocycles. The van der Waals surface area contributed by atoms with Gasteiger partial charge in [0.15, 0.2) is 9.84 Å². The molecule has 0 aromatic heterocycles. The maximum atomic E-state index is 11.8. The van der Waals surface area contributed by atoms with Crippen LogP contribution >= 0.6 is 0 Å². The minimum Gasteiger partial charge on any atom is -0.494 e. The summed E-state index contributed by atoms with van der Waals surface area (Å²) < 4.78 is 28.0. The van der Waals surface area contributed by atoms with Crippen LogP contribution in [0.1, 0.15) is 18.9 Å². The van der Waals surface area contributed by atoms with Crippen LogP contribution in [-0.4, -0.2) is 38.3 Å². The second-order valence-corrected chi connectivity index (χ2v) is 7.64. The molecule has 8 heteroatoms. The molecule has 2 rings (SSSR count). The van der Waals surface area contributed by atoms with Crippen LogP contribution in [0.2, 0.25) is 0 Å². The van der Waals surface area contributed by atoms with Gasteiger partial charge < -0.3 is 4.74 Å². The van der Waals surface area contributed by atoms with Gasteiger partial charge >= 0.3 is 0 Å². The summed E-state index contributed by atoms with van der Waals surface area (Å²) in [6.45, 7) is 2.48. The van der Waals surface area contributed by atoms with Gasteiger partial charge in [-0.3, -0.25) is 20.4 Å². The van der Waals surface area contributed by atoms with Crippen molar-refractivity contribution in [1.29, 1.82) is 0 Å². The fourth-order valence-corrected chi connectivity index (χ4v) is 4.02. The fourth-order valence-electron chi connectivity index (χ4n) is 2.28. The van der Waals surface area contributed by atoms with E-state index in [1.807, 2.05) is 6.92 Å². The van der Waals surface area contributed by atoms with Gasteiger partial charge in [0.05, 0.1) is 24.0 Å². The van der Waals surface area contributed by atoms with E-state index in [-0.39, 0.29) is 17.9 Å². The first-order chi connectivity index (χ1) is 11.4. The lowest BCUT2D eigenvalue weighted by Crippen LogP contribution is -2.44. The van der Waals surface area contributed by atoms with Crippen LogP contribution < -0.4 is 15.6 Å². The van der Waals surface area contributed by atoms with Gasteiger partial charge in [0, 0.05) is 6.08 Å². The van der Waals surface area contributed by atoms with E-state index < -0.39 is 27.6 Å². The first-order valence-electron chi connectivity index (χ1n) is 7.61. The summed E-state index contributed by atoms with van der Waals surface area (Å²) >= 11 is 0. The van der Waals surface area contributed by atoms with Gasteiger partial charge in [0.25, 0.3) is 5.91 Å². The predicted octanol–water partition coefficient (Wildman–Crippen LogP) is 0.681. The van der Waals surface area contributed by atoms with Crippen LogP contribution in [0, 0.1) is 5.92 Å². The molecule has 0 unspecified atom stereocenters. The van der Waals surface area contributed by atoms with Crippen molar-refractivity contribution in [2.45, 2.75) is 13.3 Å². The zero-order valence-electron chi connectivity index (χ0n) is 13.3. The third kappa shape index (κ3) is 5.38. The average Bonchev–Trinajstić information content (AvgIpc) is 2.92. The van der Waals surface area contributed by atoms with Gasteiger partial charge in [-0.1, -0.05) is 12.1 Å². The molecule has 1 saturated heterocycles. The number of amides is 2. The maximum Gasteiger partial charge on any atom is 0.262 e. The quantitative estimate of drug-likeness (QED) is 0.599. The number of sulfone groups is 1. The smallest absolute Gasteiger partial charge is 0.262 e. The van der Waals surface area contributed by atoms with Crippen LogP contribution in [0.3, 0.4) is 0 Å². The van der Waals surface area contributed by atoms with E-state index in [4.69, 9.17) is 4.74 Å². The first-order valence-corrected chi connectivity index (χ1v) is 9.43. The number of rotatable bonds is 5. The Morgan fingerprint density at radius 3 is 2.54 bits per heavy atom. The summed E-state index contributed by atoms with van der Waals surface area (Å²) in [4.78, 5) is 23.5. The van der Waals surface area contributed by atoms with Crippen LogP contribution in [0.5, 0.6) is 5.75 Å². The Morgan fingerprint density at radius 1 is 1.25 bits per heavy atom. The van der Waals surface area contributed by atoms with Gasteiger partial charge in [-0.25, -0.2) is 8.42 Å². The topological polar surface area (TPSA) is 102 Å². The SMILES string of the molecule is CCOc1ccc(/C=C/C(=O)NNC(=O)[C@@H]2CCS(=O)(=O)C2)cc1. The van der Waals surface area contributed by atoms with Crippen molar-refractivity contribution in [3.8, 4) is 5.75 Å². The highest BCUT2D eigenvalue weighted by molar-refractivity contribution is 7.91. The minimum atomic E-state index is -3.13. The first kappa shape index (κ1) is 18.0. The largest absolute Gasteiger partial charge is 0.494 e. The number of benzene rings is 1. The van der Waals surface area contributed by atoms with Crippen LogP contribution in [-0.2, 0) is 19.4 Å². The van der Waals surface area contributed by atoms with Gasteiger partial charge in [0.1, 0.15) is 5.75 Å². The monoisotopic (exact) mass is 352 g/mol. The summed E-state index contributed by atoms with van der Waals surface area (Å²) in [7, 11) is -3.13. The van der Waals surface area contributed by atoms with E-state index in [9.17, 15) is 18.0 Å². The van der Waals surface area contributed by atoms with Crippen LogP contribution in [0.15, 0.2) is 30.3 Å². The van der Waals surface area contributed by atoms with Crippen LogP contribution in [0.25, 0.3) is 6.08 Å². The molecule has 0 saturated carbocycles. The second kappa shape index (κ2) is 7.96. The molecule has 0 bridgehead atoms. The van der Waals surface area contributed by atoms with Crippen molar-refractivity contribution in [2.24, 2.45) is 5.92 Å². The molecule has 1 aliphatic rings. The number of ether oxygens (including phenoxy) is 1. The van der Waals surface area contributed by atoms with Crippen molar-refractivity contribution >= 4 is 27.7 Å². The summed E-state index contributed by atoms with van der Waals surface area (Å²) in [6.07, 6.45) is 3.16. The van der Waals surface area contributed by atoms with Gasteiger partial charge in [-0.15, -0.1) is 0 Å². The molecule has 1 fully saturated rings. The minimum absolute atomic E-state index is 0.0106. The van der Waals surface area contributed by atoms with Crippen LogP contribution in [0.4, 0.5) is 0 Å². The molecular weight excluding hydrogens is 332 g/mol. The lowest BCUT2D eigenvalue weighted by atomic mass is 10.1. The van der Waals surface area contributed by atoms with E-state index >= 15 is 0 Å². The van der Waals surface area contributed by atoms with Crippen molar-refractivity contribution < 1.29 is 22.7 Å². The highest BCUT2D eigenvalue weighted by Gasteiger charge is 2.32. The summed E-state index contributed by atoms with van der Waals surface area (Å²) in [5.74, 6) is -1.01. The lowest BCUT2D eigenvalue weighted by Gasteiger charge is -2.09. The van der Waals surface area contributed by atoms with Gasteiger partial charge in [-0.05, 0) is 37.1 Å². The zero-order chi connectivity index (χ0) is 17.6. The highest BCUT2D eigenvalue weighted by Crippen LogP contribution is 2.18. The molecule has 24 heavy (non-hydrogen) atoms. The third-order valence-electron chi connectivity index (χ3n) is 3.53. The third-order valence-corrected chi connectivity index (χ3v) is 5.30. The van der Waals surface area contributed by atoms with Crippen molar-refractivity contribution in [3.05, 3.63) is 35.9 Å². The number of hydrazine groups is 1. The van der Waals surface area contributed by atoms with E-state index in [0.717, 1.165) is 11.3 Å². The number of hydrogen-bond donors (Lipinski definition) is 2.